The first kappa shape index (κ1) is 26.0. The largest absolute Gasteiger partial charge is 0.496 e. The average Bonchev–Trinajstić information content (AvgIpc) is 3.31. The van der Waals surface area contributed by atoms with Crippen LogP contribution < -0.4 is 4.74 Å². The van der Waals surface area contributed by atoms with E-state index < -0.39 is 22.8 Å². The topological polar surface area (TPSA) is 114 Å². The fraction of sp³-hybridized carbons (Fsp3) is 0.480. The lowest BCUT2D eigenvalue weighted by atomic mass is 9.94. The number of methoxy groups -OCH3 is 2. The zero-order chi connectivity index (χ0) is 25.0. The van der Waals surface area contributed by atoms with E-state index in [9.17, 15) is 19.8 Å². The summed E-state index contributed by atoms with van der Waals surface area (Å²) in [6.45, 7) is 7.40. The molecule has 1 heterocycles. The maximum atomic E-state index is 12.3. The van der Waals surface area contributed by atoms with Crippen molar-refractivity contribution in [3.63, 3.8) is 0 Å². The summed E-state index contributed by atoms with van der Waals surface area (Å²) in [6.07, 6.45) is 5.25. The van der Waals surface area contributed by atoms with Crippen LogP contribution in [0.2, 0.25) is 0 Å². The van der Waals surface area contributed by atoms with Crippen LogP contribution >= 0.6 is 11.8 Å². The first-order valence-corrected chi connectivity index (χ1v) is 11.9. The molecule has 34 heavy (non-hydrogen) atoms. The number of allylic oxidation sites excluding steroid dienone is 2. The number of cyclic esters (lactones) is 1. The Morgan fingerprint density at radius 1 is 1.44 bits per heavy atom. The molecule has 3 unspecified atom stereocenters. The molecule has 1 aromatic carbocycles. The number of thioether (sulfide) groups is 1. The summed E-state index contributed by atoms with van der Waals surface area (Å²) in [7, 11) is 3.11. The number of ether oxygens (including phenoxy) is 3. The molecule has 8 nitrogen and oxygen atoms in total. The van der Waals surface area contributed by atoms with Gasteiger partial charge in [-0.1, -0.05) is 17.7 Å². The smallest absolute Gasteiger partial charge is 0.373 e. The quantitative estimate of drug-likeness (QED) is 0.257. The molecule has 184 valence electrons. The van der Waals surface area contributed by atoms with Crippen molar-refractivity contribution in [1.82, 2.24) is 0 Å². The monoisotopic (exact) mass is 491 g/mol. The van der Waals surface area contributed by atoms with Crippen molar-refractivity contribution >= 4 is 30.5 Å². The van der Waals surface area contributed by atoms with Gasteiger partial charge in [0.2, 0.25) is 0 Å². The maximum Gasteiger partial charge on any atom is 0.373 e. The molecule has 1 fully saturated rings. The number of esters is 1. The third kappa shape index (κ3) is 5.37. The molecule has 3 rings (SSSR count). The molecule has 0 aromatic heterocycles. The predicted molar refractivity (Wildman–Crippen MR) is 129 cm³/mol. The SMILES string of the molecule is C=[O+]c1c(C/C=C(\C)CC(S/C=C/CC2(O)CC2OC)C(=O)O)c(OC)c(C)c2c1C(=O)OC2. The molecule has 0 spiro atoms. The summed E-state index contributed by atoms with van der Waals surface area (Å²) in [5, 5.41) is 20.9. The lowest BCUT2D eigenvalue weighted by Gasteiger charge is -2.13. The number of carboxylic acid groups (broad SMARTS) is 1. The minimum absolute atomic E-state index is 0.156. The molecule has 1 aromatic rings. The molecule has 0 saturated heterocycles. The average molecular weight is 492 g/mol. The van der Waals surface area contributed by atoms with Crippen molar-refractivity contribution in [3.8, 4) is 11.5 Å². The molecule has 3 atom stereocenters. The lowest BCUT2D eigenvalue weighted by Crippen LogP contribution is -2.16. The summed E-state index contributed by atoms with van der Waals surface area (Å²) in [5.41, 5.74) is 2.59. The van der Waals surface area contributed by atoms with Crippen molar-refractivity contribution in [3.05, 3.63) is 45.4 Å². The van der Waals surface area contributed by atoms with E-state index in [1.807, 2.05) is 19.9 Å². The number of carboxylic acids is 1. The number of aliphatic carboxylic acids is 1. The molecule has 1 aliphatic carbocycles. The molecule has 9 heteroatoms. The van der Waals surface area contributed by atoms with Gasteiger partial charge in [-0.2, -0.15) is 0 Å². The van der Waals surface area contributed by atoms with Crippen LogP contribution in [0.15, 0.2) is 23.1 Å². The zero-order valence-corrected chi connectivity index (χ0v) is 20.7. The van der Waals surface area contributed by atoms with E-state index in [-0.39, 0.29) is 12.7 Å². The van der Waals surface area contributed by atoms with E-state index in [0.717, 1.165) is 16.7 Å². The van der Waals surface area contributed by atoms with Gasteiger partial charge in [0.25, 0.3) is 6.79 Å². The van der Waals surface area contributed by atoms with Crippen molar-refractivity contribution in [2.75, 3.05) is 14.2 Å². The Balaban J connectivity index is 1.72. The van der Waals surface area contributed by atoms with Gasteiger partial charge >= 0.3 is 17.7 Å². The summed E-state index contributed by atoms with van der Waals surface area (Å²) in [6, 6.07) is 0. The first-order chi connectivity index (χ1) is 16.2. The minimum Gasteiger partial charge on any atom is -0.496 e. The number of fused-ring (bicyclic) bond motifs is 1. The van der Waals surface area contributed by atoms with Gasteiger partial charge < -0.3 is 24.4 Å². The van der Waals surface area contributed by atoms with Crippen molar-refractivity contribution < 1.29 is 38.4 Å². The first-order valence-electron chi connectivity index (χ1n) is 10.9. The summed E-state index contributed by atoms with van der Waals surface area (Å²) in [4.78, 5) is 24.0. The number of hydrogen-bond acceptors (Lipinski definition) is 7. The van der Waals surface area contributed by atoms with Crippen molar-refractivity contribution in [1.29, 1.82) is 0 Å². The van der Waals surface area contributed by atoms with Gasteiger partial charge in [0, 0.05) is 25.5 Å². The van der Waals surface area contributed by atoms with E-state index in [1.54, 1.807) is 25.7 Å². The number of hydrogen-bond donors (Lipinski definition) is 2. The number of carbonyl (C=O) groups is 2. The fourth-order valence-corrected chi connectivity index (χ4v) is 5.07. The van der Waals surface area contributed by atoms with E-state index in [2.05, 4.69) is 6.79 Å². The molecular formula is C25H31O8S+. The van der Waals surface area contributed by atoms with Gasteiger partial charge in [0.1, 0.15) is 23.2 Å². The summed E-state index contributed by atoms with van der Waals surface area (Å²) in [5.74, 6) is -0.455. The van der Waals surface area contributed by atoms with Gasteiger partial charge in [0.05, 0.1) is 18.8 Å². The number of aliphatic hydroxyl groups is 1. The highest BCUT2D eigenvalue weighted by molar-refractivity contribution is 8.03. The van der Waals surface area contributed by atoms with Crippen LogP contribution in [-0.2, 0) is 31.7 Å². The normalized spacial score (nSPS) is 22.4. The predicted octanol–water partition coefficient (Wildman–Crippen LogP) is 3.87. The Kier molecular flexibility index (Phi) is 8.22. The Hall–Kier alpha value is -2.62. The highest BCUT2D eigenvalue weighted by Gasteiger charge is 2.52. The number of benzene rings is 1. The molecule has 0 bridgehead atoms. The standard InChI is InChI=1S/C25H30O8S/c1-14(11-18(23(26)27)34-10-6-9-25(29)12-19(25)30-3)7-8-16-21(31-4)15(2)17-13-33-24(28)20(17)22(16)32-5/h6-7,10,18-19,29H,5,8-9,11-13H2,1-4H3/p+1/b10-6+,14-7+. The van der Waals surface area contributed by atoms with E-state index in [0.29, 0.717) is 48.3 Å². The second kappa shape index (κ2) is 10.8. The molecular weight excluding hydrogens is 460 g/mol. The van der Waals surface area contributed by atoms with Crippen molar-refractivity contribution in [2.24, 2.45) is 0 Å². The Morgan fingerprint density at radius 3 is 2.76 bits per heavy atom. The Morgan fingerprint density at radius 2 is 2.18 bits per heavy atom. The van der Waals surface area contributed by atoms with Crippen LogP contribution in [0.4, 0.5) is 0 Å². The van der Waals surface area contributed by atoms with E-state index in [4.69, 9.17) is 18.6 Å². The van der Waals surface area contributed by atoms with Crippen LogP contribution in [0.25, 0.3) is 0 Å². The van der Waals surface area contributed by atoms with Gasteiger partial charge in [-0.05, 0) is 37.7 Å². The van der Waals surface area contributed by atoms with Crippen LogP contribution in [0.1, 0.15) is 53.2 Å². The third-order valence-electron chi connectivity index (χ3n) is 6.28. The Labute approximate surface area is 203 Å². The van der Waals surface area contributed by atoms with Gasteiger partial charge in [-0.3, -0.25) is 4.79 Å². The van der Waals surface area contributed by atoms with Gasteiger partial charge in [0.15, 0.2) is 5.56 Å². The number of carbonyl (C=O) groups excluding carboxylic acids is 2. The van der Waals surface area contributed by atoms with Crippen LogP contribution in [0.5, 0.6) is 11.5 Å². The number of rotatable bonds is 12. The van der Waals surface area contributed by atoms with Gasteiger partial charge in [-0.25, -0.2) is 9.22 Å². The summed E-state index contributed by atoms with van der Waals surface area (Å²) < 4.78 is 21.2. The molecule has 1 saturated carbocycles. The highest BCUT2D eigenvalue weighted by atomic mass is 32.2. The third-order valence-corrected chi connectivity index (χ3v) is 7.33. The lowest BCUT2D eigenvalue weighted by molar-refractivity contribution is -0.356. The minimum atomic E-state index is -0.919. The van der Waals surface area contributed by atoms with E-state index in [1.165, 1.54) is 11.8 Å². The van der Waals surface area contributed by atoms with Crippen molar-refractivity contribution in [2.45, 2.75) is 63.1 Å². The highest BCUT2D eigenvalue weighted by Crippen LogP contribution is 2.43. The zero-order valence-electron chi connectivity index (χ0n) is 19.9. The second-order valence-electron chi connectivity index (χ2n) is 8.57. The fourth-order valence-electron chi connectivity index (χ4n) is 4.20. The second-order valence-corrected chi connectivity index (χ2v) is 9.68. The molecule has 0 radical (unpaired) electrons. The summed E-state index contributed by atoms with van der Waals surface area (Å²) >= 11 is 1.20. The molecule has 2 aliphatic rings. The van der Waals surface area contributed by atoms with E-state index >= 15 is 0 Å². The molecule has 1 aliphatic heterocycles. The maximum absolute atomic E-state index is 12.3. The Bertz CT molecular complexity index is 1040. The van der Waals surface area contributed by atoms with Crippen LogP contribution in [0, 0.1) is 6.92 Å². The van der Waals surface area contributed by atoms with Crippen LogP contribution in [0.3, 0.4) is 0 Å². The molecule has 2 N–H and O–H groups in total. The van der Waals surface area contributed by atoms with Crippen LogP contribution in [-0.4, -0.2) is 60.1 Å². The van der Waals surface area contributed by atoms with Gasteiger partial charge in [-0.15, -0.1) is 11.8 Å². The molecule has 0 amide bonds.